The Morgan fingerprint density at radius 3 is 1.94 bits per heavy atom. The van der Waals surface area contributed by atoms with E-state index < -0.39 is 52.3 Å². The van der Waals surface area contributed by atoms with Gasteiger partial charge in [0.1, 0.15) is 17.1 Å². The van der Waals surface area contributed by atoms with Crippen LogP contribution in [0, 0.1) is 11.8 Å². The highest BCUT2D eigenvalue weighted by atomic mass is 16.6. The molecule has 0 amide bonds. The second-order valence-corrected chi connectivity index (χ2v) is 10.6. The molecule has 1 aliphatic carbocycles. The normalized spacial score (nSPS) is 27.0. The summed E-state index contributed by atoms with van der Waals surface area (Å²) in [6.45, 7) is 13.9. The second kappa shape index (κ2) is 8.73. The molecular weight excluding hydrogens is 396 g/mol. The van der Waals surface area contributed by atoms with Gasteiger partial charge in [-0.15, -0.1) is 0 Å². The number of aliphatic hydroxyl groups is 1. The van der Waals surface area contributed by atoms with Crippen LogP contribution in [-0.4, -0.2) is 39.6 Å². The lowest BCUT2D eigenvalue weighted by Gasteiger charge is -2.44. The molecule has 0 bridgehead atoms. The molecule has 6 nitrogen and oxygen atoms in total. The molecule has 1 aromatic rings. The van der Waals surface area contributed by atoms with Crippen molar-refractivity contribution < 1.29 is 29.0 Å². The first-order valence-corrected chi connectivity index (χ1v) is 10.9. The molecule has 1 aromatic carbocycles. The van der Waals surface area contributed by atoms with Crippen molar-refractivity contribution in [3.8, 4) is 0 Å². The Morgan fingerprint density at radius 1 is 1.00 bits per heavy atom. The van der Waals surface area contributed by atoms with E-state index >= 15 is 0 Å². The average molecular weight is 433 g/mol. The molecule has 4 atom stereocenters. The Balaban J connectivity index is 2.63. The largest absolute Gasteiger partial charge is 0.460 e. The monoisotopic (exact) mass is 432 g/mol. The van der Waals surface area contributed by atoms with Crippen molar-refractivity contribution in [1.29, 1.82) is 0 Å². The first-order valence-electron chi connectivity index (χ1n) is 10.9. The third-order valence-electron chi connectivity index (χ3n) is 5.36. The van der Waals surface area contributed by atoms with Gasteiger partial charge in [0.15, 0.2) is 5.78 Å². The summed E-state index contributed by atoms with van der Waals surface area (Å²) < 4.78 is 11.2. The molecule has 31 heavy (non-hydrogen) atoms. The smallest absolute Gasteiger partial charge is 0.317 e. The van der Waals surface area contributed by atoms with Crippen LogP contribution in [0.2, 0.25) is 0 Å². The van der Waals surface area contributed by atoms with Crippen molar-refractivity contribution in [2.45, 2.75) is 91.0 Å². The lowest BCUT2D eigenvalue weighted by molar-refractivity contribution is -0.182. The van der Waals surface area contributed by atoms with Gasteiger partial charge in [-0.1, -0.05) is 31.2 Å². The van der Waals surface area contributed by atoms with E-state index in [1.165, 1.54) is 6.92 Å². The molecule has 1 saturated carbocycles. The zero-order chi connectivity index (χ0) is 23.8. The summed E-state index contributed by atoms with van der Waals surface area (Å²) in [5.41, 5.74) is -1.54. The van der Waals surface area contributed by atoms with E-state index in [2.05, 4.69) is 0 Å². The van der Waals surface area contributed by atoms with Gasteiger partial charge in [0.2, 0.25) is 0 Å². The van der Waals surface area contributed by atoms with Crippen LogP contribution in [0.25, 0.3) is 0 Å². The summed E-state index contributed by atoms with van der Waals surface area (Å²) in [4.78, 5) is 39.5. The van der Waals surface area contributed by atoms with Crippen molar-refractivity contribution in [2.24, 2.45) is 11.8 Å². The minimum atomic E-state index is -1.66. The van der Waals surface area contributed by atoms with Gasteiger partial charge in [0.25, 0.3) is 0 Å². The van der Waals surface area contributed by atoms with Gasteiger partial charge in [-0.2, -0.15) is 0 Å². The number of esters is 2. The average Bonchev–Trinajstić information content (AvgIpc) is 2.56. The number of aryl methyl sites for hydroxylation is 1. The van der Waals surface area contributed by atoms with Crippen LogP contribution in [0.1, 0.15) is 78.9 Å². The molecular formula is C25H36O6. The zero-order valence-corrected chi connectivity index (χ0v) is 19.9. The molecule has 1 N–H and O–H groups in total. The minimum Gasteiger partial charge on any atom is -0.460 e. The topological polar surface area (TPSA) is 89.9 Å². The van der Waals surface area contributed by atoms with Crippen LogP contribution in [0.4, 0.5) is 0 Å². The van der Waals surface area contributed by atoms with E-state index in [9.17, 15) is 19.5 Å². The molecule has 0 saturated heterocycles. The summed E-state index contributed by atoms with van der Waals surface area (Å²) in [5, 5.41) is 11.2. The molecule has 0 spiro atoms. The first kappa shape index (κ1) is 25.1. The molecule has 0 aliphatic heterocycles. The van der Waals surface area contributed by atoms with E-state index in [1.807, 2.05) is 31.2 Å². The van der Waals surface area contributed by atoms with Crippen LogP contribution < -0.4 is 0 Å². The fourth-order valence-corrected chi connectivity index (χ4v) is 4.12. The van der Waals surface area contributed by atoms with Gasteiger partial charge in [0.05, 0.1) is 11.5 Å². The van der Waals surface area contributed by atoms with Gasteiger partial charge in [-0.3, -0.25) is 14.4 Å². The van der Waals surface area contributed by atoms with E-state index in [4.69, 9.17) is 9.47 Å². The van der Waals surface area contributed by atoms with Gasteiger partial charge < -0.3 is 14.6 Å². The highest BCUT2D eigenvalue weighted by molar-refractivity contribution is 6.03. The molecule has 6 heteroatoms. The molecule has 0 radical (unpaired) electrons. The Hall–Kier alpha value is -2.21. The number of rotatable bonds is 4. The molecule has 1 aliphatic rings. The number of carbonyl (C=O) groups is 3. The maximum Gasteiger partial charge on any atom is 0.317 e. The number of benzene rings is 1. The van der Waals surface area contributed by atoms with E-state index in [0.29, 0.717) is 5.56 Å². The number of Topliss-reactive ketones (excluding diaryl/α,β-unsaturated/α-hetero) is 1. The van der Waals surface area contributed by atoms with Crippen LogP contribution in [0.15, 0.2) is 24.3 Å². The van der Waals surface area contributed by atoms with Crippen LogP contribution in [0.5, 0.6) is 0 Å². The van der Waals surface area contributed by atoms with Crippen LogP contribution >= 0.6 is 0 Å². The van der Waals surface area contributed by atoms with E-state index in [1.54, 1.807) is 41.5 Å². The molecule has 0 aromatic heterocycles. The second-order valence-electron chi connectivity index (χ2n) is 10.6. The Morgan fingerprint density at radius 2 is 1.48 bits per heavy atom. The molecule has 172 valence electrons. The highest BCUT2D eigenvalue weighted by Gasteiger charge is 2.57. The van der Waals surface area contributed by atoms with Crippen molar-refractivity contribution in [3.05, 3.63) is 35.4 Å². The fraction of sp³-hybridized carbons (Fsp3) is 0.640. The van der Waals surface area contributed by atoms with Gasteiger partial charge in [-0.05, 0) is 66.0 Å². The summed E-state index contributed by atoms with van der Waals surface area (Å²) in [7, 11) is 0. The third kappa shape index (κ3) is 6.16. The van der Waals surface area contributed by atoms with Crippen LogP contribution in [-0.2, 0) is 30.3 Å². The quantitative estimate of drug-likeness (QED) is 0.572. The maximum absolute atomic E-state index is 13.3. The molecule has 0 unspecified atom stereocenters. The van der Waals surface area contributed by atoms with Gasteiger partial charge >= 0.3 is 11.9 Å². The molecule has 1 fully saturated rings. The van der Waals surface area contributed by atoms with Crippen molar-refractivity contribution in [1.82, 2.24) is 0 Å². The third-order valence-corrected chi connectivity index (χ3v) is 5.36. The number of hydrogen-bond donors (Lipinski definition) is 1. The van der Waals surface area contributed by atoms with Crippen molar-refractivity contribution >= 4 is 17.7 Å². The van der Waals surface area contributed by atoms with E-state index in [0.717, 1.165) is 12.0 Å². The summed E-state index contributed by atoms with van der Waals surface area (Å²) >= 11 is 0. The Kier molecular flexibility index (Phi) is 7.06. The van der Waals surface area contributed by atoms with Crippen molar-refractivity contribution in [3.63, 3.8) is 0 Å². The predicted molar refractivity (Wildman–Crippen MR) is 117 cm³/mol. The number of ether oxygens (including phenoxy) is 2. The zero-order valence-electron chi connectivity index (χ0n) is 19.9. The standard InChI is InChI=1S/C25H36O6/c1-9-15-10-12-16(13-11-15)18-19(21(27)30-23(2,3)4)17(26)14-25(8,29)20(18)22(28)31-24(5,6)7/h10-13,18-20,29H,9,14H2,1-8H3/t18-,19-,20-,25+/m1/s1. The highest BCUT2D eigenvalue weighted by Crippen LogP contribution is 2.47. The number of carbonyl (C=O) groups excluding carboxylic acids is 3. The predicted octanol–water partition coefficient (Wildman–Crippen LogP) is 3.97. The number of ketones is 1. The maximum atomic E-state index is 13.3. The lowest BCUT2D eigenvalue weighted by Crippen LogP contribution is -2.56. The summed E-state index contributed by atoms with van der Waals surface area (Å²) in [5.74, 6) is -4.97. The Bertz CT molecular complexity index is 823. The van der Waals surface area contributed by atoms with Gasteiger partial charge in [0, 0.05) is 12.3 Å². The molecule has 2 rings (SSSR count). The van der Waals surface area contributed by atoms with Crippen molar-refractivity contribution in [2.75, 3.05) is 0 Å². The number of hydrogen-bond acceptors (Lipinski definition) is 6. The summed E-state index contributed by atoms with van der Waals surface area (Å²) in [6.07, 6.45) is 0.497. The summed E-state index contributed by atoms with van der Waals surface area (Å²) in [6, 6.07) is 7.43. The van der Waals surface area contributed by atoms with E-state index in [-0.39, 0.29) is 6.42 Å². The SMILES string of the molecule is CCc1ccc([C@@H]2[C@H](C(=O)OC(C)(C)C)C(=O)C[C@](C)(O)[C@H]2C(=O)OC(C)(C)C)cc1. The first-order chi connectivity index (χ1) is 14.1. The molecule has 0 heterocycles. The Labute approximate surface area is 185 Å². The fourth-order valence-electron chi connectivity index (χ4n) is 4.12. The van der Waals surface area contributed by atoms with Gasteiger partial charge in [-0.25, -0.2) is 0 Å². The lowest BCUT2D eigenvalue weighted by atomic mass is 9.61. The minimum absolute atomic E-state index is 0.329. The van der Waals surface area contributed by atoms with Crippen LogP contribution in [0.3, 0.4) is 0 Å².